The molecule has 0 spiro atoms. The Hall–Kier alpha value is -3.38. The first-order valence-corrected chi connectivity index (χ1v) is 12.2. The van der Waals surface area contributed by atoms with E-state index in [2.05, 4.69) is 29.7 Å². The summed E-state index contributed by atoms with van der Waals surface area (Å²) in [6, 6.07) is 24.8. The summed E-state index contributed by atoms with van der Waals surface area (Å²) >= 11 is 5.34. The zero-order chi connectivity index (χ0) is 24.0. The highest BCUT2D eigenvalue weighted by molar-refractivity contribution is 7.80. The van der Waals surface area contributed by atoms with Gasteiger partial charge in [0.1, 0.15) is 11.5 Å². The van der Waals surface area contributed by atoms with Crippen LogP contribution in [0.4, 0.5) is 5.69 Å². The van der Waals surface area contributed by atoms with Gasteiger partial charge in [-0.1, -0.05) is 68.7 Å². The molecule has 0 saturated heterocycles. The number of carbonyl (C=O) groups excluding carboxylic acids is 1. The first-order chi connectivity index (χ1) is 16.7. The van der Waals surface area contributed by atoms with Crippen molar-refractivity contribution in [2.24, 2.45) is 0 Å². The van der Waals surface area contributed by atoms with Crippen LogP contribution < -0.4 is 20.1 Å². The Balaban J connectivity index is 1.47. The van der Waals surface area contributed by atoms with Gasteiger partial charge in [0, 0.05) is 12.1 Å². The minimum Gasteiger partial charge on any atom is -0.494 e. The molecule has 6 heteroatoms. The quantitative estimate of drug-likeness (QED) is 0.234. The van der Waals surface area contributed by atoms with Crippen molar-refractivity contribution in [2.75, 3.05) is 18.5 Å². The Morgan fingerprint density at radius 2 is 1.56 bits per heavy atom. The lowest BCUT2D eigenvalue weighted by Crippen LogP contribution is -2.34. The molecule has 0 heterocycles. The number of nitrogens with one attached hydrogen (secondary N) is 2. The molecule has 34 heavy (non-hydrogen) atoms. The molecule has 3 rings (SSSR count). The van der Waals surface area contributed by atoms with Gasteiger partial charge >= 0.3 is 0 Å². The van der Waals surface area contributed by atoms with Gasteiger partial charge in [0.25, 0.3) is 5.91 Å². The Morgan fingerprint density at radius 1 is 0.824 bits per heavy atom. The number of amides is 1. The van der Waals surface area contributed by atoms with Crippen molar-refractivity contribution in [3.63, 3.8) is 0 Å². The van der Waals surface area contributed by atoms with Crippen LogP contribution in [0.5, 0.6) is 11.5 Å². The van der Waals surface area contributed by atoms with Crippen LogP contribution in [0.15, 0.2) is 78.9 Å². The molecule has 0 aromatic heterocycles. The van der Waals surface area contributed by atoms with E-state index in [0.717, 1.165) is 24.3 Å². The van der Waals surface area contributed by atoms with Gasteiger partial charge in [-0.05, 0) is 60.6 Å². The van der Waals surface area contributed by atoms with Crippen LogP contribution in [0.25, 0.3) is 0 Å². The van der Waals surface area contributed by atoms with Crippen molar-refractivity contribution in [2.45, 2.75) is 39.0 Å². The number of para-hydroxylation sites is 1. The number of hydrogen-bond donors (Lipinski definition) is 2. The van der Waals surface area contributed by atoms with Gasteiger partial charge < -0.3 is 14.8 Å². The van der Waals surface area contributed by atoms with Crippen molar-refractivity contribution in [3.8, 4) is 11.5 Å². The lowest BCUT2D eigenvalue weighted by atomic mass is 10.1. The Bertz CT molecular complexity index is 1040. The van der Waals surface area contributed by atoms with E-state index in [-0.39, 0.29) is 11.0 Å². The third-order valence-corrected chi connectivity index (χ3v) is 5.43. The van der Waals surface area contributed by atoms with Crippen molar-refractivity contribution in [1.29, 1.82) is 0 Å². The summed E-state index contributed by atoms with van der Waals surface area (Å²) < 4.78 is 11.7. The molecule has 3 aromatic rings. The van der Waals surface area contributed by atoms with Crippen molar-refractivity contribution >= 4 is 28.9 Å². The summed E-state index contributed by atoms with van der Waals surface area (Å²) in [5.41, 5.74) is 2.39. The number of anilines is 1. The highest BCUT2D eigenvalue weighted by atomic mass is 32.1. The third kappa shape index (κ3) is 8.52. The molecule has 3 aromatic carbocycles. The fraction of sp³-hybridized carbons (Fsp3) is 0.286. The second kappa shape index (κ2) is 14.0. The molecular formula is C28H32N2O3S. The van der Waals surface area contributed by atoms with Gasteiger partial charge in [0.15, 0.2) is 5.11 Å². The standard InChI is InChI=1S/C28H32N2O3S/c1-2-3-4-10-20-32-24-17-15-23(16-18-24)29-28(34)30-27(31)25-13-8-9-14-26(25)33-21-19-22-11-6-5-7-12-22/h5-9,11-18H,2-4,10,19-21H2,1H3,(H2,29,30,31,34). The van der Waals surface area contributed by atoms with E-state index >= 15 is 0 Å². The highest BCUT2D eigenvalue weighted by Crippen LogP contribution is 2.19. The SMILES string of the molecule is CCCCCCOc1ccc(NC(=S)NC(=O)c2ccccc2OCCc2ccccc2)cc1. The molecule has 0 bridgehead atoms. The third-order valence-electron chi connectivity index (χ3n) is 5.23. The average Bonchev–Trinajstić information content (AvgIpc) is 2.86. The lowest BCUT2D eigenvalue weighted by molar-refractivity contribution is 0.0974. The van der Waals surface area contributed by atoms with Crippen LogP contribution in [0, 0.1) is 0 Å². The van der Waals surface area contributed by atoms with E-state index in [1.807, 2.05) is 48.5 Å². The molecule has 1 amide bonds. The maximum absolute atomic E-state index is 12.8. The molecule has 0 fully saturated rings. The number of rotatable bonds is 12. The van der Waals surface area contributed by atoms with E-state index in [9.17, 15) is 4.79 Å². The van der Waals surface area contributed by atoms with Gasteiger partial charge in [0.05, 0.1) is 18.8 Å². The Morgan fingerprint density at radius 3 is 2.32 bits per heavy atom. The predicted octanol–water partition coefficient (Wildman–Crippen LogP) is 6.39. The van der Waals surface area contributed by atoms with Crippen molar-refractivity contribution < 1.29 is 14.3 Å². The fourth-order valence-corrected chi connectivity index (χ4v) is 3.60. The van der Waals surface area contributed by atoms with Crippen LogP contribution in [0.2, 0.25) is 0 Å². The summed E-state index contributed by atoms with van der Waals surface area (Å²) in [4.78, 5) is 12.8. The number of benzene rings is 3. The first-order valence-electron chi connectivity index (χ1n) is 11.8. The smallest absolute Gasteiger partial charge is 0.261 e. The molecule has 0 saturated carbocycles. The summed E-state index contributed by atoms with van der Waals surface area (Å²) in [5.74, 6) is 1.03. The second-order valence-corrected chi connectivity index (χ2v) is 8.33. The van der Waals surface area contributed by atoms with Crippen molar-refractivity contribution in [1.82, 2.24) is 5.32 Å². The van der Waals surface area contributed by atoms with E-state index in [0.29, 0.717) is 24.5 Å². The molecule has 2 N–H and O–H groups in total. The monoisotopic (exact) mass is 476 g/mol. The Labute approximate surface area is 207 Å². The summed E-state index contributed by atoms with van der Waals surface area (Å²) in [6.45, 7) is 3.39. The summed E-state index contributed by atoms with van der Waals surface area (Å²) in [6.07, 6.45) is 5.45. The van der Waals surface area contributed by atoms with E-state index in [1.165, 1.54) is 24.8 Å². The molecule has 5 nitrogen and oxygen atoms in total. The van der Waals surface area contributed by atoms with Crippen LogP contribution in [-0.4, -0.2) is 24.2 Å². The second-order valence-electron chi connectivity index (χ2n) is 7.92. The molecule has 0 unspecified atom stereocenters. The maximum Gasteiger partial charge on any atom is 0.261 e. The van der Waals surface area contributed by atoms with Gasteiger partial charge in [0.2, 0.25) is 0 Å². The van der Waals surface area contributed by atoms with Crippen LogP contribution in [0.1, 0.15) is 48.5 Å². The molecule has 178 valence electrons. The van der Waals surface area contributed by atoms with Crippen LogP contribution >= 0.6 is 12.2 Å². The van der Waals surface area contributed by atoms with Crippen molar-refractivity contribution in [3.05, 3.63) is 90.0 Å². The minimum absolute atomic E-state index is 0.220. The van der Waals surface area contributed by atoms with Gasteiger partial charge in [-0.25, -0.2) is 0 Å². The average molecular weight is 477 g/mol. The van der Waals surface area contributed by atoms with Gasteiger partial charge in [-0.3, -0.25) is 10.1 Å². The zero-order valence-electron chi connectivity index (χ0n) is 19.6. The predicted molar refractivity (Wildman–Crippen MR) is 142 cm³/mol. The number of hydrogen-bond acceptors (Lipinski definition) is 4. The lowest BCUT2D eigenvalue weighted by Gasteiger charge is -2.13. The summed E-state index contributed by atoms with van der Waals surface area (Å²) in [7, 11) is 0. The minimum atomic E-state index is -0.320. The molecule has 0 atom stereocenters. The molecular weight excluding hydrogens is 444 g/mol. The Kier molecular flexibility index (Phi) is 10.4. The van der Waals surface area contributed by atoms with Gasteiger partial charge in [-0.2, -0.15) is 0 Å². The number of ether oxygens (including phenoxy) is 2. The highest BCUT2D eigenvalue weighted by Gasteiger charge is 2.14. The van der Waals surface area contributed by atoms with Crippen LogP contribution in [0.3, 0.4) is 0 Å². The van der Waals surface area contributed by atoms with E-state index in [4.69, 9.17) is 21.7 Å². The zero-order valence-corrected chi connectivity index (χ0v) is 20.4. The fourth-order valence-electron chi connectivity index (χ4n) is 3.39. The molecule has 0 aliphatic rings. The first kappa shape index (κ1) is 25.2. The number of thiocarbonyl (C=S) groups is 1. The molecule has 0 aliphatic carbocycles. The largest absolute Gasteiger partial charge is 0.494 e. The van der Waals surface area contributed by atoms with Crippen LogP contribution in [-0.2, 0) is 6.42 Å². The maximum atomic E-state index is 12.8. The summed E-state index contributed by atoms with van der Waals surface area (Å²) in [5, 5.41) is 5.99. The van der Waals surface area contributed by atoms with E-state index in [1.54, 1.807) is 18.2 Å². The topological polar surface area (TPSA) is 59.6 Å². The van der Waals surface area contributed by atoms with E-state index < -0.39 is 0 Å². The number of unbranched alkanes of at least 4 members (excludes halogenated alkanes) is 3. The number of carbonyl (C=O) groups is 1. The molecule has 0 radical (unpaired) electrons. The molecule has 0 aliphatic heterocycles. The van der Waals surface area contributed by atoms with Gasteiger partial charge in [-0.15, -0.1) is 0 Å². The normalized spacial score (nSPS) is 10.4.